The summed E-state index contributed by atoms with van der Waals surface area (Å²) in [5, 5.41) is 4.72. The zero-order valence-electron chi connectivity index (χ0n) is 11.9. The van der Waals surface area contributed by atoms with Crippen LogP contribution in [0.2, 0.25) is 0 Å². The van der Waals surface area contributed by atoms with E-state index in [9.17, 15) is 4.79 Å². The van der Waals surface area contributed by atoms with E-state index in [0.717, 1.165) is 24.9 Å². The molecule has 4 heteroatoms. The molecule has 0 saturated carbocycles. The van der Waals surface area contributed by atoms with Gasteiger partial charge in [-0.3, -0.25) is 0 Å². The molecule has 0 radical (unpaired) electrons. The third-order valence-electron chi connectivity index (χ3n) is 3.89. The number of hydrogen-bond acceptors (Lipinski definition) is 2. The molecule has 0 spiro atoms. The van der Waals surface area contributed by atoms with E-state index in [-0.39, 0.29) is 11.7 Å². The van der Waals surface area contributed by atoms with Gasteiger partial charge < -0.3 is 5.32 Å². The van der Waals surface area contributed by atoms with Crippen LogP contribution >= 0.6 is 0 Å². The molecule has 1 aromatic rings. The van der Waals surface area contributed by atoms with Gasteiger partial charge in [-0.15, -0.1) is 0 Å². The summed E-state index contributed by atoms with van der Waals surface area (Å²) in [4.78, 5) is 12.2. The highest BCUT2D eigenvalue weighted by Gasteiger charge is 2.41. The van der Waals surface area contributed by atoms with Gasteiger partial charge >= 0.3 is 6.03 Å². The summed E-state index contributed by atoms with van der Waals surface area (Å²) in [6.45, 7) is 6.50. The standard InChI is InChI=1S/C15H23N3O/c1-4-12(3)11-15(5-2)16-14(19)18(17-15)13-9-7-6-8-10-13/h6-10,12,17H,4-5,11H2,1-3H3,(H,16,19)/t12-,15+/m1/s1. The Hall–Kier alpha value is -1.55. The Labute approximate surface area is 115 Å². The van der Waals surface area contributed by atoms with Crippen LogP contribution in [0, 0.1) is 5.92 Å². The van der Waals surface area contributed by atoms with Crippen LogP contribution in [0.4, 0.5) is 10.5 Å². The molecule has 1 aliphatic rings. The number of nitrogens with zero attached hydrogens (tertiary/aromatic N) is 1. The summed E-state index contributed by atoms with van der Waals surface area (Å²) in [5.41, 5.74) is 3.92. The first-order chi connectivity index (χ1) is 9.10. The number of nitrogens with one attached hydrogen (secondary N) is 2. The zero-order chi connectivity index (χ0) is 13.9. The van der Waals surface area contributed by atoms with Crippen molar-refractivity contribution in [3.63, 3.8) is 0 Å². The molecule has 1 fully saturated rings. The van der Waals surface area contributed by atoms with E-state index >= 15 is 0 Å². The number of urea groups is 1. The number of carbonyl (C=O) groups excluding carboxylic acids is 1. The van der Waals surface area contributed by atoms with Gasteiger partial charge in [0.1, 0.15) is 5.66 Å². The fraction of sp³-hybridized carbons (Fsp3) is 0.533. The fourth-order valence-corrected chi connectivity index (χ4v) is 2.46. The molecule has 2 rings (SSSR count). The molecule has 19 heavy (non-hydrogen) atoms. The quantitative estimate of drug-likeness (QED) is 0.854. The molecule has 0 unspecified atom stereocenters. The highest BCUT2D eigenvalue weighted by atomic mass is 16.2. The van der Waals surface area contributed by atoms with E-state index < -0.39 is 0 Å². The first-order valence-electron chi connectivity index (χ1n) is 7.05. The van der Waals surface area contributed by atoms with Crippen molar-refractivity contribution in [3.8, 4) is 0 Å². The van der Waals surface area contributed by atoms with E-state index in [1.807, 2.05) is 30.3 Å². The molecule has 2 amide bonds. The van der Waals surface area contributed by atoms with Crippen molar-refractivity contribution in [3.05, 3.63) is 30.3 Å². The van der Waals surface area contributed by atoms with Gasteiger partial charge in [-0.05, 0) is 30.9 Å². The minimum atomic E-state index is -0.317. The monoisotopic (exact) mass is 261 g/mol. The number of hydrogen-bond donors (Lipinski definition) is 2. The topological polar surface area (TPSA) is 44.4 Å². The van der Waals surface area contributed by atoms with E-state index in [0.29, 0.717) is 5.92 Å². The summed E-state index contributed by atoms with van der Waals surface area (Å²) in [6, 6.07) is 9.61. The number of amides is 2. The van der Waals surface area contributed by atoms with Crippen molar-refractivity contribution in [2.24, 2.45) is 5.92 Å². The molecule has 1 heterocycles. The molecular formula is C15H23N3O. The normalized spacial score (nSPS) is 24.4. The van der Waals surface area contributed by atoms with Crippen LogP contribution in [-0.2, 0) is 0 Å². The van der Waals surface area contributed by atoms with Gasteiger partial charge in [-0.25, -0.2) is 15.2 Å². The van der Waals surface area contributed by atoms with Gasteiger partial charge in [0.05, 0.1) is 5.69 Å². The van der Waals surface area contributed by atoms with Crippen molar-refractivity contribution >= 4 is 11.7 Å². The van der Waals surface area contributed by atoms with Crippen LogP contribution < -0.4 is 15.8 Å². The lowest BCUT2D eigenvalue weighted by molar-refractivity contribution is 0.231. The van der Waals surface area contributed by atoms with Crippen molar-refractivity contribution in [1.82, 2.24) is 10.7 Å². The van der Waals surface area contributed by atoms with Crippen molar-refractivity contribution < 1.29 is 4.79 Å². The SMILES string of the molecule is CC[C@@H](C)C[C@@]1(CC)NC(=O)N(c2ccccc2)N1. The number of anilines is 1. The second-order valence-electron chi connectivity index (χ2n) is 5.37. The molecule has 0 aliphatic carbocycles. The number of hydrazine groups is 1. The predicted octanol–water partition coefficient (Wildman–Crippen LogP) is 3.26. The van der Waals surface area contributed by atoms with Gasteiger partial charge in [-0.2, -0.15) is 0 Å². The second kappa shape index (κ2) is 5.61. The Bertz CT molecular complexity index is 434. The van der Waals surface area contributed by atoms with Crippen molar-refractivity contribution in [1.29, 1.82) is 0 Å². The third kappa shape index (κ3) is 2.89. The molecule has 4 nitrogen and oxygen atoms in total. The molecule has 1 aliphatic heterocycles. The van der Waals surface area contributed by atoms with Gasteiger partial charge in [0.15, 0.2) is 0 Å². The van der Waals surface area contributed by atoms with Crippen LogP contribution in [-0.4, -0.2) is 11.7 Å². The molecular weight excluding hydrogens is 238 g/mol. The fourth-order valence-electron chi connectivity index (χ4n) is 2.46. The lowest BCUT2D eigenvalue weighted by Gasteiger charge is -2.30. The Morgan fingerprint density at radius 2 is 1.95 bits per heavy atom. The number of benzene rings is 1. The average molecular weight is 261 g/mol. The smallest absolute Gasteiger partial charge is 0.317 e. The van der Waals surface area contributed by atoms with Crippen LogP contribution in [0.1, 0.15) is 40.0 Å². The highest BCUT2D eigenvalue weighted by Crippen LogP contribution is 2.27. The highest BCUT2D eigenvalue weighted by molar-refractivity contribution is 5.93. The predicted molar refractivity (Wildman–Crippen MR) is 77.7 cm³/mol. The molecule has 104 valence electrons. The molecule has 0 aromatic heterocycles. The summed E-state index contributed by atoms with van der Waals surface area (Å²) < 4.78 is 0. The van der Waals surface area contributed by atoms with Crippen LogP contribution in [0.5, 0.6) is 0 Å². The van der Waals surface area contributed by atoms with Crippen molar-refractivity contribution in [2.45, 2.75) is 45.7 Å². The van der Waals surface area contributed by atoms with Crippen molar-refractivity contribution in [2.75, 3.05) is 5.01 Å². The van der Waals surface area contributed by atoms with Gasteiger partial charge in [0, 0.05) is 0 Å². The van der Waals surface area contributed by atoms with Gasteiger partial charge in [0.25, 0.3) is 0 Å². The minimum absolute atomic E-state index is 0.0728. The maximum atomic E-state index is 12.2. The van der Waals surface area contributed by atoms with Gasteiger partial charge in [-0.1, -0.05) is 45.4 Å². The van der Waals surface area contributed by atoms with E-state index in [4.69, 9.17) is 0 Å². The molecule has 1 aromatic carbocycles. The first kappa shape index (κ1) is 13.9. The summed E-state index contributed by atoms with van der Waals surface area (Å²) in [7, 11) is 0. The summed E-state index contributed by atoms with van der Waals surface area (Å²) in [6.07, 6.45) is 2.92. The minimum Gasteiger partial charge on any atom is -0.317 e. The first-order valence-corrected chi connectivity index (χ1v) is 7.05. The summed E-state index contributed by atoms with van der Waals surface area (Å²) >= 11 is 0. The van der Waals surface area contributed by atoms with E-state index in [1.165, 1.54) is 0 Å². The van der Waals surface area contributed by atoms with Gasteiger partial charge in [0.2, 0.25) is 0 Å². The Morgan fingerprint density at radius 3 is 2.53 bits per heavy atom. The number of carbonyl (C=O) groups is 1. The van der Waals surface area contributed by atoms with E-state index in [1.54, 1.807) is 5.01 Å². The zero-order valence-corrected chi connectivity index (χ0v) is 11.9. The molecule has 2 N–H and O–H groups in total. The Kier molecular flexibility index (Phi) is 4.10. The third-order valence-corrected chi connectivity index (χ3v) is 3.89. The number of para-hydroxylation sites is 1. The lowest BCUT2D eigenvalue weighted by Crippen LogP contribution is -2.51. The molecule has 1 saturated heterocycles. The number of rotatable bonds is 5. The Balaban J connectivity index is 2.17. The Morgan fingerprint density at radius 1 is 1.26 bits per heavy atom. The van der Waals surface area contributed by atoms with E-state index in [2.05, 4.69) is 31.5 Å². The van der Waals surface area contributed by atoms with Crippen LogP contribution in [0.3, 0.4) is 0 Å². The maximum absolute atomic E-state index is 12.2. The second-order valence-corrected chi connectivity index (χ2v) is 5.37. The summed E-state index contributed by atoms with van der Waals surface area (Å²) in [5.74, 6) is 0.573. The lowest BCUT2D eigenvalue weighted by atomic mass is 9.93. The molecule has 0 bridgehead atoms. The molecule has 2 atom stereocenters. The van der Waals surface area contributed by atoms with Crippen LogP contribution in [0.25, 0.3) is 0 Å². The van der Waals surface area contributed by atoms with Crippen LogP contribution in [0.15, 0.2) is 30.3 Å². The largest absolute Gasteiger partial charge is 0.338 e. The average Bonchev–Trinajstić information content (AvgIpc) is 2.77. The maximum Gasteiger partial charge on any atom is 0.338 e.